The van der Waals surface area contributed by atoms with Crippen LogP contribution < -0.4 is 5.32 Å². The van der Waals surface area contributed by atoms with Crippen molar-refractivity contribution in [3.05, 3.63) is 35.4 Å². The van der Waals surface area contributed by atoms with E-state index in [0.717, 1.165) is 11.1 Å². The molecule has 96 valence electrons. The summed E-state index contributed by atoms with van der Waals surface area (Å²) in [4.78, 5) is 11.0. The van der Waals surface area contributed by atoms with Crippen molar-refractivity contribution in [1.29, 1.82) is 0 Å². The number of benzene rings is 1. The summed E-state index contributed by atoms with van der Waals surface area (Å²) in [6, 6.07) is 6.09. The summed E-state index contributed by atoms with van der Waals surface area (Å²) in [7, 11) is -3.37. The molecular formula is C12H13NO4S. The van der Waals surface area contributed by atoms with Crippen molar-refractivity contribution in [2.75, 3.05) is 5.75 Å². The van der Waals surface area contributed by atoms with Crippen molar-refractivity contribution in [2.45, 2.75) is 23.8 Å². The quantitative estimate of drug-likeness (QED) is 0.755. The van der Waals surface area contributed by atoms with E-state index < -0.39 is 27.1 Å². The van der Waals surface area contributed by atoms with Crippen LogP contribution in [0.2, 0.25) is 0 Å². The lowest BCUT2D eigenvalue weighted by molar-refractivity contribution is -0.139. The van der Waals surface area contributed by atoms with Gasteiger partial charge < -0.3 is 5.11 Å². The molecule has 3 atom stereocenters. The Kier molecular flexibility index (Phi) is 2.46. The molecular weight excluding hydrogens is 254 g/mol. The first-order valence-corrected chi connectivity index (χ1v) is 7.49. The van der Waals surface area contributed by atoms with Crippen LogP contribution in [0.1, 0.15) is 17.2 Å². The largest absolute Gasteiger partial charge is 0.480 e. The Balaban J connectivity index is 2.05. The van der Waals surface area contributed by atoms with Crippen LogP contribution in [0.25, 0.3) is 0 Å². The van der Waals surface area contributed by atoms with Gasteiger partial charge in [0, 0.05) is 0 Å². The fourth-order valence-corrected chi connectivity index (χ4v) is 4.88. The maximum Gasteiger partial charge on any atom is 0.321 e. The molecule has 3 unspecified atom stereocenters. The van der Waals surface area contributed by atoms with Gasteiger partial charge >= 0.3 is 5.97 Å². The molecule has 18 heavy (non-hydrogen) atoms. The number of sulfone groups is 1. The Bertz CT molecular complexity index is 610. The van der Waals surface area contributed by atoms with Crippen molar-refractivity contribution in [3.8, 4) is 0 Å². The van der Waals surface area contributed by atoms with Crippen molar-refractivity contribution in [3.63, 3.8) is 0 Å². The summed E-state index contributed by atoms with van der Waals surface area (Å²) in [6.45, 7) is 0. The highest BCUT2D eigenvalue weighted by molar-refractivity contribution is 7.92. The molecule has 0 radical (unpaired) electrons. The Labute approximate surface area is 105 Å². The number of carbonyl (C=O) groups is 1. The van der Waals surface area contributed by atoms with E-state index >= 15 is 0 Å². The van der Waals surface area contributed by atoms with Crippen LogP contribution in [0.5, 0.6) is 0 Å². The molecule has 2 N–H and O–H groups in total. The van der Waals surface area contributed by atoms with Gasteiger partial charge in [-0.3, -0.25) is 10.1 Å². The molecule has 0 spiro atoms. The lowest BCUT2D eigenvalue weighted by Crippen LogP contribution is -2.54. The van der Waals surface area contributed by atoms with Crippen LogP contribution in [0, 0.1) is 0 Å². The van der Waals surface area contributed by atoms with E-state index in [1.54, 1.807) is 0 Å². The molecule has 1 aliphatic carbocycles. The molecule has 5 nitrogen and oxygen atoms in total. The fourth-order valence-electron chi connectivity index (χ4n) is 2.85. The zero-order valence-electron chi connectivity index (χ0n) is 9.54. The lowest BCUT2D eigenvalue weighted by atomic mass is 10.1. The predicted octanol–water partition coefficient (Wildman–Crippen LogP) is 0.124. The van der Waals surface area contributed by atoms with E-state index in [0.29, 0.717) is 6.42 Å². The monoisotopic (exact) mass is 267 g/mol. The van der Waals surface area contributed by atoms with E-state index in [4.69, 9.17) is 5.11 Å². The fraction of sp³-hybridized carbons (Fsp3) is 0.417. The van der Waals surface area contributed by atoms with Gasteiger partial charge in [0.05, 0.1) is 17.0 Å². The smallest absolute Gasteiger partial charge is 0.321 e. The Morgan fingerprint density at radius 3 is 2.78 bits per heavy atom. The number of aliphatic carboxylic acids is 1. The highest BCUT2D eigenvalue weighted by Gasteiger charge is 2.47. The van der Waals surface area contributed by atoms with Crippen LogP contribution in [-0.4, -0.2) is 36.5 Å². The summed E-state index contributed by atoms with van der Waals surface area (Å²) in [5.74, 6) is -1.43. The molecule has 0 aromatic heterocycles. The van der Waals surface area contributed by atoms with E-state index in [2.05, 4.69) is 5.32 Å². The van der Waals surface area contributed by atoms with Crippen LogP contribution in [0.3, 0.4) is 0 Å². The molecule has 0 saturated carbocycles. The molecule has 0 bridgehead atoms. The minimum atomic E-state index is -3.37. The van der Waals surface area contributed by atoms with Crippen LogP contribution in [0.4, 0.5) is 0 Å². The zero-order chi connectivity index (χ0) is 12.9. The van der Waals surface area contributed by atoms with Crippen molar-refractivity contribution >= 4 is 15.8 Å². The summed E-state index contributed by atoms with van der Waals surface area (Å²) < 4.78 is 24.3. The van der Waals surface area contributed by atoms with Crippen molar-refractivity contribution < 1.29 is 18.3 Å². The predicted molar refractivity (Wildman–Crippen MR) is 65.0 cm³/mol. The number of carboxylic acid groups (broad SMARTS) is 1. The topological polar surface area (TPSA) is 83.5 Å². The van der Waals surface area contributed by atoms with Gasteiger partial charge in [0.15, 0.2) is 9.84 Å². The molecule has 1 aromatic carbocycles. The minimum Gasteiger partial charge on any atom is -0.480 e. The van der Waals surface area contributed by atoms with E-state index in [-0.39, 0.29) is 11.8 Å². The number of nitrogens with one attached hydrogen (secondary N) is 1. The first-order valence-electron chi connectivity index (χ1n) is 5.77. The molecule has 1 heterocycles. The third kappa shape index (κ3) is 1.64. The molecule has 1 fully saturated rings. The number of fused-ring (bicyclic) bond motifs is 3. The van der Waals surface area contributed by atoms with Gasteiger partial charge in [-0.2, -0.15) is 0 Å². The maximum atomic E-state index is 12.1. The van der Waals surface area contributed by atoms with Gasteiger partial charge in [-0.1, -0.05) is 24.3 Å². The second-order valence-corrected chi connectivity index (χ2v) is 7.07. The third-order valence-electron chi connectivity index (χ3n) is 3.72. The normalized spacial score (nSPS) is 32.6. The zero-order valence-corrected chi connectivity index (χ0v) is 10.4. The minimum absolute atomic E-state index is 0.322. The van der Waals surface area contributed by atoms with Gasteiger partial charge in [-0.15, -0.1) is 0 Å². The molecule has 1 aromatic rings. The van der Waals surface area contributed by atoms with Crippen LogP contribution in [-0.2, 0) is 21.1 Å². The highest BCUT2D eigenvalue weighted by atomic mass is 32.2. The van der Waals surface area contributed by atoms with Crippen molar-refractivity contribution in [1.82, 2.24) is 5.32 Å². The average molecular weight is 267 g/mol. The first-order chi connectivity index (χ1) is 8.49. The first kappa shape index (κ1) is 11.7. The number of hydrogen-bond acceptors (Lipinski definition) is 4. The third-order valence-corrected chi connectivity index (χ3v) is 5.88. The summed E-state index contributed by atoms with van der Waals surface area (Å²) in [5, 5.41) is 11.4. The summed E-state index contributed by atoms with van der Waals surface area (Å²) >= 11 is 0. The SMILES string of the molecule is O=C(O)C1CS(=O)(=O)C2Cc3ccccc3C2N1. The second kappa shape index (κ2) is 3.80. The standard InChI is InChI=1S/C12H13NO4S/c14-12(15)9-6-18(16,17)10-5-7-3-1-2-4-8(7)11(10)13-9/h1-4,9-11,13H,5-6H2,(H,14,15). The van der Waals surface area contributed by atoms with E-state index in [9.17, 15) is 13.2 Å². The van der Waals surface area contributed by atoms with Crippen molar-refractivity contribution in [2.24, 2.45) is 0 Å². The van der Waals surface area contributed by atoms with Crippen LogP contribution >= 0.6 is 0 Å². The number of hydrogen-bond donors (Lipinski definition) is 2. The molecule has 1 saturated heterocycles. The summed E-state index contributed by atoms with van der Waals surface area (Å²) in [5.41, 5.74) is 1.91. The highest BCUT2D eigenvalue weighted by Crippen LogP contribution is 2.38. The number of carboxylic acids is 1. The molecule has 0 amide bonds. The molecule has 6 heteroatoms. The van der Waals surface area contributed by atoms with E-state index in [1.165, 1.54) is 0 Å². The van der Waals surface area contributed by atoms with Gasteiger partial charge in [0.25, 0.3) is 0 Å². The average Bonchev–Trinajstić information content (AvgIpc) is 2.68. The molecule has 2 aliphatic rings. The maximum absolute atomic E-state index is 12.1. The lowest BCUT2D eigenvalue weighted by Gasteiger charge is -2.31. The molecule has 3 rings (SSSR count). The Morgan fingerprint density at radius 1 is 1.33 bits per heavy atom. The Hall–Kier alpha value is -1.40. The Morgan fingerprint density at radius 2 is 2.06 bits per heavy atom. The van der Waals surface area contributed by atoms with E-state index in [1.807, 2.05) is 24.3 Å². The molecule has 1 aliphatic heterocycles. The van der Waals surface area contributed by atoms with Gasteiger partial charge in [-0.05, 0) is 17.5 Å². The van der Waals surface area contributed by atoms with Gasteiger partial charge in [0.2, 0.25) is 0 Å². The van der Waals surface area contributed by atoms with Crippen LogP contribution in [0.15, 0.2) is 24.3 Å². The van der Waals surface area contributed by atoms with Gasteiger partial charge in [0.1, 0.15) is 6.04 Å². The summed E-state index contributed by atoms with van der Waals surface area (Å²) in [6.07, 6.45) is 0.475. The second-order valence-electron chi connectivity index (χ2n) is 4.81. The van der Waals surface area contributed by atoms with Gasteiger partial charge in [-0.25, -0.2) is 8.42 Å². The number of rotatable bonds is 1.